The first-order chi connectivity index (χ1) is 39.1. The van der Waals surface area contributed by atoms with E-state index in [-0.39, 0.29) is 24.9 Å². The van der Waals surface area contributed by atoms with Gasteiger partial charge in [0.15, 0.2) is 0 Å². The van der Waals surface area contributed by atoms with E-state index in [2.05, 4.69) is 106 Å². The van der Waals surface area contributed by atoms with Crippen molar-refractivity contribution >= 4 is 11.8 Å². The maximum atomic E-state index is 12.4. The van der Waals surface area contributed by atoms with Gasteiger partial charge in [-0.05, 0) is 122 Å². The summed E-state index contributed by atoms with van der Waals surface area (Å²) in [6.45, 7) is 11.4. The number of carbonyl (C=O) groups is 2. The number of carbonyl (C=O) groups excluding carboxylic acids is 2. The molecule has 2 aromatic heterocycles. The first-order valence-electron chi connectivity index (χ1n) is 29.5. The van der Waals surface area contributed by atoms with Crippen molar-refractivity contribution < 1.29 is 39.1 Å². The van der Waals surface area contributed by atoms with E-state index in [4.69, 9.17) is 14.2 Å². The average Bonchev–Trinajstić information content (AvgIpc) is 4.00. The van der Waals surface area contributed by atoms with E-state index in [0.29, 0.717) is 49.5 Å². The van der Waals surface area contributed by atoms with Crippen LogP contribution in [0.3, 0.4) is 0 Å². The number of aromatic nitrogens is 4. The molecule has 3 saturated heterocycles. The Balaban J connectivity index is 0.000000146. The van der Waals surface area contributed by atoms with Crippen LogP contribution in [-0.2, 0) is 54.7 Å². The van der Waals surface area contributed by atoms with Crippen LogP contribution in [0.25, 0.3) is 0 Å². The first kappa shape index (κ1) is 58.9. The molecular weight excluding hydrogens is 1010 g/mol. The molecular formula is C63H85N9O8. The molecule has 1 unspecified atom stereocenters. The zero-order chi connectivity index (χ0) is 55.3. The van der Waals surface area contributed by atoms with E-state index in [1.54, 1.807) is 12.1 Å². The van der Waals surface area contributed by atoms with Crippen LogP contribution in [0.1, 0.15) is 112 Å². The Kier molecular flexibility index (Phi) is 22.7. The van der Waals surface area contributed by atoms with Gasteiger partial charge >= 0.3 is 0 Å². The van der Waals surface area contributed by atoms with E-state index in [1.807, 2.05) is 12.1 Å². The van der Waals surface area contributed by atoms with E-state index in [0.717, 1.165) is 121 Å². The minimum atomic E-state index is -0.623. The molecule has 4 fully saturated rings. The van der Waals surface area contributed by atoms with E-state index < -0.39 is 18.3 Å². The smallest absolute Gasteiger partial charge is 0.270 e. The van der Waals surface area contributed by atoms with Gasteiger partial charge in [0.2, 0.25) is 0 Å². The third kappa shape index (κ3) is 18.9. The number of piperidine rings is 1. The van der Waals surface area contributed by atoms with Gasteiger partial charge in [-0.15, -0.1) is 0 Å². The molecule has 1 aliphatic carbocycles. The molecule has 0 radical (unpaired) electrons. The Labute approximate surface area is 472 Å². The van der Waals surface area contributed by atoms with E-state index >= 15 is 0 Å². The van der Waals surface area contributed by atoms with Gasteiger partial charge in [0, 0.05) is 82.1 Å². The summed E-state index contributed by atoms with van der Waals surface area (Å²) in [5.41, 5.74) is 9.28. The summed E-state index contributed by atoms with van der Waals surface area (Å²) in [7, 11) is 0. The molecule has 3 atom stereocenters. The predicted molar refractivity (Wildman–Crippen MR) is 306 cm³/mol. The van der Waals surface area contributed by atoms with Crippen molar-refractivity contribution in [1.82, 2.24) is 45.3 Å². The standard InChI is InChI=1S/C25H33NO2.C21H26N4O3.C17H26N4O3/c27-24(18-26-15-14-22-9-3-4-10-23(22)17-26)19-28-25-11-5-8-21(16-25)13-12-20-6-1-2-7-20;26-19(11-25-6-5-16-3-1-2-4-17(16)10-25)9-22-21(27)20-8-18(23-14-24-20)7-15-12-28-13-15;22-15(9-21-4-2-1-3-5-21)8-18-17(23)16-7-14(19-12-20-16)6-13-10-24-11-13/h3-5,8-11,16,20,24,27H,1-2,6-7,12-15,17-19H2;1-4,8,14-15,19,26H,5-7,9-13H2,(H,22,27);7,12-13,15,22H,1-6,8-11H2,(H,18,23)/t;19-;15-/m.00/s1. The molecule has 3 aromatic carbocycles. The van der Waals surface area contributed by atoms with Gasteiger partial charge in [-0.1, -0.05) is 92.8 Å². The molecule has 11 rings (SSSR count). The molecule has 1 saturated carbocycles. The number of fused-ring (bicyclic) bond motifs is 2. The lowest BCUT2D eigenvalue weighted by Gasteiger charge is -2.30. The fraction of sp³-hybridized carbons (Fsp3) is 0.556. The van der Waals surface area contributed by atoms with Gasteiger partial charge in [0.05, 0.1) is 38.6 Å². The number of amides is 2. The minimum absolute atomic E-state index is 0.201. The van der Waals surface area contributed by atoms with Crippen molar-refractivity contribution in [3.05, 3.63) is 148 Å². The van der Waals surface area contributed by atoms with E-state index in [9.17, 15) is 24.9 Å². The SMILES string of the molecule is O=C(NC[C@H](O)CN1CCCCC1)c1cc(CC2COC2)ncn1.O=C(NC[C@H](O)CN1CCc2ccccc2C1)c1cc(CC2COC2)ncn1.OC(COc1cccc(CCC2CCCC2)c1)CN1CCc2ccccc2C1. The number of ether oxygens (including phenoxy) is 3. The number of hydrogen-bond donors (Lipinski definition) is 5. The molecule has 7 heterocycles. The summed E-state index contributed by atoms with van der Waals surface area (Å²) in [5, 5.41) is 36.5. The Hall–Kier alpha value is -5.76. The van der Waals surface area contributed by atoms with Crippen LogP contribution in [0, 0.1) is 17.8 Å². The Morgan fingerprint density at radius 1 is 0.562 bits per heavy atom. The fourth-order valence-electron chi connectivity index (χ4n) is 11.6. The number of likely N-dealkylation sites (tertiary alicyclic amines) is 1. The third-order valence-corrected chi connectivity index (χ3v) is 16.3. The molecule has 2 amide bonds. The summed E-state index contributed by atoms with van der Waals surface area (Å²) in [5.74, 6) is 2.22. The molecule has 5 N–H and O–H groups in total. The number of aliphatic hydroxyl groups excluding tert-OH is 3. The van der Waals surface area contributed by atoms with Crippen molar-refractivity contribution in [2.75, 3.05) is 91.9 Å². The van der Waals surface area contributed by atoms with Crippen molar-refractivity contribution in [1.29, 1.82) is 0 Å². The molecule has 17 nitrogen and oxygen atoms in total. The van der Waals surface area contributed by atoms with Crippen molar-refractivity contribution in [2.24, 2.45) is 17.8 Å². The Morgan fingerprint density at radius 3 is 1.60 bits per heavy atom. The zero-order valence-corrected chi connectivity index (χ0v) is 46.7. The molecule has 5 aromatic rings. The molecule has 430 valence electrons. The molecule has 0 spiro atoms. The summed E-state index contributed by atoms with van der Waals surface area (Å²) in [6, 6.07) is 28.9. The van der Waals surface area contributed by atoms with Gasteiger partial charge in [-0.25, -0.2) is 19.9 Å². The van der Waals surface area contributed by atoms with Crippen LogP contribution in [0.5, 0.6) is 5.75 Å². The summed E-state index contributed by atoms with van der Waals surface area (Å²) in [6.07, 6.45) is 16.6. The van der Waals surface area contributed by atoms with Crippen LogP contribution in [-0.4, -0.2) is 172 Å². The summed E-state index contributed by atoms with van der Waals surface area (Å²) < 4.78 is 16.2. The summed E-state index contributed by atoms with van der Waals surface area (Å²) >= 11 is 0. The Morgan fingerprint density at radius 2 is 1.07 bits per heavy atom. The van der Waals surface area contributed by atoms with Crippen LogP contribution >= 0.6 is 0 Å². The molecule has 80 heavy (non-hydrogen) atoms. The van der Waals surface area contributed by atoms with Gasteiger partial charge < -0.3 is 45.1 Å². The maximum absolute atomic E-state index is 12.4. The molecule has 6 aliphatic rings. The normalized spacial score (nSPS) is 19.0. The first-order valence-corrected chi connectivity index (χ1v) is 29.5. The van der Waals surface area contributed by atoms with Crippen LogP contribution in [0.2, 0.25) is 0 Å². The van der Waals surface area contributed by atoms with Crippen LogP contribution in [0.15, 0.2) is 97.6 Å². The second-order valence-electron chi connectivity index (χ2n) is 22.9. The van der Waals surface area contributed by atoms with Gasteiger partial charge in [0.1, 0.15) is 42.5 Å². The third-order valence-electron chi connectivity index (χ3n) is 16.3. The largest absolute Gasteiger partial charge is 0.491 e. The topological polar surface area (TPSA) is 208 Å². The number of aliphatic hydroxyl groups is 3. The van der Waals surface area contributed by atoms with Crippen molar-refractivity contribution in [2.45, 2.75) is 115 Å². The molecule has 5 aliphatic heterocycles. The predicted octanol–water partition coefficient (Wildman–Crippen LogP) is 5.66. The molecule has 17 heteroatoms. The lowest BCUT2D eigenvalue weighted by molar-refractivity contribution is -0.0316. The molecule has 0 bridgehead atoms. The second kappa shape index (κ2) is 30.9. The quantitative estimate of drug-likeness (QED) is 0.0567. The maximum Gasteiger partial charge on any atom is 0.270 e. The number of benzene rings is 3. The zero-order valence-electron chi connectivity index (χ0n) is 46.7. The fourth-order valence-corrected chi connectivity index (χ4v) is 11.6. The van der Waals surface area contributed by atoms with Gasteiger partial charge in [0.25, 0.3) is 11.8 Å². The number of rotatable bonds is 22. The lowest BCUT2D eigenvalue weighted by atomic mass is 9.98. The number of β-amino-alcohol motifs (C(OH)–C–C–N with tert-alkyl or cyclic N) is 3. The van der Waals surface area contributed by atoms with Gasteiger partial charge in [-0.2, -0.15) is 0 Å². The number of aryl methyl sites for hydroxylation is 1. The summed E-state index contributed by atoms with van der Waals surface area (Å²) in [4.78, 5) is 47.9. The van der Waals surface area contributed by atoms with E-state index in [1.165, 1.54) is 91.8 Å². The van der Waals surface area contributed by atoms with Crippen molar-refractivity contribution in [3.8, 4) is 5.75 Å². The highest BCUT2D eigenvalue weighted by Gasteiger charge is 2.24. The number of hydrogen-bond acceptors (Lipinski definition) is 15. The lowest BCUT2D eigenvalue weighted by Crippen LogP contribution is -2.42. The highest BCUT2D eigenvalue weighted by molar-refractivity contribution is 5.92. The van der Waals surface area contributed by atoms with Crippen molar-refractivity contribution in [3.63, 3.8) is 0 Å². The highest BCUT2D eigenvalue weighted by Crippen LogP contribution is 2.29. The number of nitrogens with zero attached hydrogens (tertiary/aromatic N) is 7. The second-order valence-corrected chi connectivity index (χ2v) is 22.9. The monoisotopic (exact) mass is 1100 g/mol. The van der Waals surface area contributed by atoms with Crippen LogP contribution in [0.4, 0.5) is 0 Å². The van der Waals surface area contributed by atoms with Gasteiger partial charge in [-0.3, -0.25) is 19.4 Å². The number of nitrogens with one attached hydrogen (secondary N) is 2. The average molecular weight is 1100 g/mol. The highest BCUT2D eigenvalue weighted by atomic mass is 16.5. The minimum Gasteiger partial charge on any atom is -0.491 e. The van der Waals surface area contributed by atoms with Crippen LogP contribution < -0.4 is 15.4 Å². The Bertz CT molecular complexity index is 2700.